The minimum atomic E-state index is -0.596. The van der Waals surface area contributed by atoms with E-state index in [4.69, 9.17) is 5.73 Å². The highest BCUT2D eigenvalue weighted by Gasteiger charge is 2.23. The van der Waals surface area contributed by atoms with Crippen LogP contribution in [0.3, 0.4) is 0 Å². The Kier molecular flexibility index (Phi) is 4.08. The van der Waals surface area contributed by atoms with Crippen molar-refractivity contribution in [3.05, 3.63) is 48.0 Å². The van der Waals surface area contributed by atoms with Gasteiger partial charge in [0.05, 0.1) is 18.2 Å². The molecular formula is C15H20N4O. The van der Waals surface area contributed by atoms with Gasteiger partial charge in [-0.3, -0.25) is 4.79 Å². The molecule has 0 saturated heterocycles. The first-order valence-corrected chi connectivity index (χ1v) is 6.64. The van der Waals surface area contributed by atoms with E-state index >= 15 is 0 Å². The van der Waals surface area contributed by atoms with Gasteiger partial charge in [0.25, 0.3) is 0 Å². The Morgan fingerprint density at radius 1 is 1.35 bits per heavy atom. The second-order valence-electron chi connectivity index (χ2n) is 5.11. The molecule has 0 spiro atoms. The van der Waals surface area contributed by atoms with Gasteiger partial charge < -0.3 is 15.6 Å². The second-order valence-corrected chi connectivity index (χ2v) is 5.11. The number of carbonyl (C=O) groups is 1. The van der Waals surface area contributed by atoms with Crippen LogP contribution >= 0.6 is 0 Å². The van der Waals surface area contributed by atoms with E-state index in [1.165, 1.54) is 0 Å². The number of para-hydroxylation sites is 1. The van der Waals surface area contributed by atoms with Crippen LogP contribution in [0.2, 0.25) is 0 Å². The highest BCUT2D eigenvalue weighted by molar-refractivity contribution is 5.84. The van der Waals surface area contributed by atoms with Crippen LogP contribution in [0.4, 0.5) is 5.69 Å². The molecule has 20 heavy (non-hydrogen) atoms. The quantitative estimate of drug-likeness (QED) is 0.878. The number of anilines is 1. The largest absolute Gasteiger partial charge is 0.369 e. The number of rotatable bonds is 5. The van der Waals surface area contributed by atoms with E-state index in [-0.39, 0.29) is 6.04 Å². The van der Waals surface area contributed by atoms with Gasteiger partial charge in [-0.25, -0.2) is 4.98 Å². The maximum Gasteiger partial charge on any atom is 0.246 e. The molecule has 1 amide bonds. The van der Waals surface area contributed by atoms with E-state index in [1.54, 1.807) is 12.5 Å². The fourth-order valence-corrected chi connectivity index (χ4v) is 2.15. The van der Waals surface area contributed by atoms with Crippen molar-refractivity contribution in [2.75, 3.05) is 5.32 Å². The van der Waals surface area contributed by atoms with Gasteiger partial charge in [-0.1, -0.05) is 18.2 Å². The zero-order chi connectivity index (χ0) is 14.7. The number of benzene rings is 1. The van der Waals surface area contributed by atoms with Gasteiger partial charge >= 0.3 is 0 Å². The van der Waals surface area contributed by atoms with Crippen LogP contribution in [-0.2, 0) is 4.79 Å². The third-order valence-corrected chi connectivity index (χ3v) is 3.28. The number of nitrogens with zero attached hydrogens (tertiary/aromatic N) is 2. The number of nitrogens with two attached hydrogens (primary N) is 1. The number of aryl methyl sites for hydroxylation is 1. The van der Waals surface area contributed by atoms with Gasteiger partial charge in [0, 0.05) is 11.7 Å². The molecule has 106 valence electrons. The van der Waals surface area contributed by atoms with E-state index in [9.17, 15) is 4.79 Å². The van der Waals surface area contributed by atoms with Crippen molar-refractivity contribution in [2.45, 2.75) is 32.9 Å². The van der Waals surface area contributed by atoms with Crippen LogP contribution < -0.4 is 11.1 Å². The molecule has 0 bridgehead atoms. The van der Waals surface area contributed by atoms with Crippen molar-refractivity contribution < 1.29 is 4.79 Å². The predicted octanol–water partition coefficient (Wildman–Crippen LogP) is 2.41. The first kappa shape index (κ1) is 14.1. The molecule has 1 unspecified atom stereocenters. The summed E-state index contributed by atoms with van der Waals surface area (Å²) in [7, 11) is 0. The number of primary amides is 1. The van der Waals surface area contributed by atoms with Crippen molar-refractivity contribution in [3.63, 3.8) is 0 Å². The molecule has 1 aromatic carbocycles. The molecule has 1 heterocycles. The molecule has 5 nitrogen and oxygen atoms in total. The number of imidazole rings is 1. The van der Waals surface area contributed by atoms with Gasteiger partial charge in [0.15, 0.2) is 0 Å². The molecule has 1 aromatic heterocycles. The van der Waals surface area contributed by atoms with E-state index in [0.29, 0.717) is 0 Å². The summed E-state index contributed by atoms with van der Waals surface area (Å²) in [6.07, 6.45) is 3.40. The summed E-state index contributed by atoms with van der Waals surface area (Å²) in [6, 6.07) is 7.42. The molecule has 5 heteroatoms. The Labute approximate surface area is 118 Å². The van der Waals surface area contributed by atoms with Crippen LogP contribution in [-0.4, -0.2) is 15.5 Å². The van der Waals surface area contributed by atoms with Crippen LogP contribution in [0.25, 0.3) is 0 Å². The number of aromatic nitrogens is 2. The van der Waals surface area contributed by atoms with Gasteiger partial charge in [-0.15, -0.1) is 0 Å². The average Bonchev–Trinajstić information content (AvgIpc) is 2.86. The zero-order valence-electron chi connectivity index (χ0n) is 12.0. The minimum absolute atomic E-state index is 0.216. The lowest BCUT2D eigenvalue weighted by atomic mass is 10.1. The fourth-order valence-electron chi connectivity index (χ4n) is 2.15. The molecule has 2 aromatic rings. The van der Waals surface area contributed by atoms with Crippen LogP contribution in [0.1, 0.15) is 37.2 Å². The maximum atomic E-state index is 11.8. The Hall–Kier alpha value is -2.30. The third-order valence-electron chi connectivity index (χ3n) is 3.28. The van der Waals surface area contributed by atoms with Crippen molar-refractivity contribution in [1.82, 2.24) is 9.55 Å². The Balaban J connectivity index is 2.35. The van der Waals surface area contributed by atoms with E-state index < -0.39 is 11.9 Å². The lowest BCUT2D eigenvalue weighted by molar-refractivity contribution is -0.119. The standard InChI is InChI=1S/C15H20N4O/c1-10(2)19-9-17-8-13(19)14(15(16)20)18-12-7-5-4-6-11(12)3/h4-10,14,18H,1-3H3,(H2,16,20). The Morgan fingerprint density at radius 2 is 2.05 bits per heavy atom. The third kappa shape index (κ3) is 2.82. The number of hydrogen-bond acceptors (Lipinski definition) is 3. The van der Waals surface area contributed by atoms with E-state index in [2.05, 4.69) is 10.3 Å². The predicted molar refractivity (Wildman–Crippen MR) is 79.3 cm³/mol. The van der Waals surface area contributed by atoms with Crippen molar-refractivity contribution in [3.8, 4) is 0 Å². The minimum Gasteiger partial charge on any atom is -0.369 e. The monoisotopic (exact) mass is 272 g/mol. The van der Waals surface area contributed by atoms with Crippen molar-refractivity contribution in [2.24, 2.45) is 5.73 Å². The zero-order valence-corrected chi connectivity index (χ0v) is 12.0. The Bertz CT molecular complexity index is 603. The van der Waals surface area contributed by atoms with Crippen molar-refractivity contribution in [1.29, 1.82) is 0 Å². The summed E-state index contributed by atoms with van der Waals surface area (Å²) in [6.45, 7) is 6.06. The van der Waals surface area contributed by atoms with Gasteiger partial charge in [-0.2, -0.15) is 0 Å². The van der Waals surface area contributed by atoms with Crippen LogP contribution in [0.15, 0.2) is 36.8 Å². The molecule has 0 aliphatic heterocycles. The van der Waals surface area contributed by atoms with Crippen LogP contribution in [0.5, 0.6) is 0 Å². The summed E-state index contributed by atoms with van der Waals surface area (Å²) < 4.78 is 1.95. The molecular weight excluding hydrogens is 252 g/mol. The summed E-state index contributed by atoms with van der Waals surface area (Å²) in [5.74, 6) is -0.421. The first-order valence-electron chi connectivity index (χ1n) is 6.64. The van der Waals surface area contributed by atoms with E-state index in [0.717, 1.165) is 16.9 Å². The summed E-state index contributed by atoms with van der Waals surface area (Å²) >= 11 is 0. The molecule has 0 radical (unpaired) electrons. The maximum absolute atomic E-state index is 11.8. The lowest BCUT2D eigenvalue weighted by Gasteiger charge is -2.21. The highest BCUT2D eigenvalue weighted by Crippen LogP contribution is 2.23. The molecule has 0 saturated carbocycles. The molecule has 0 aliphatic rings. The van der Waals surface area contributed by atoms with E-state index in [1.807, 2.05) is 49.6 Å². The number of amides is 1. The second kappa shape index (κ2) is 5.77. The first-order chi connectivity index (χ1) is 9.50. The number of carbonyl (C=O) groups excluding carboxylic acids is 1. The molecule has 0 fully saturated rings. The summed E-state index contributed by atoms with van der Waals surface area (Å²) in [5.41, 5.74) is 8.29. The normalized spacial score (nSPS) is 12.4. The smallest absolute Gasteiger partial charge is 0.246 e. The summed E-state index contributed by atoms with van der Waals surface area (Å²) in [5, 5.41) is 3.21. The topological polar surface area (TPSA) is 72.9 Å². The van der Waals surface area contributed by atoms with Crippen LogP contribution in [0, 0.1) is 6.92 Å². The highest BCUT2D eigenvalue weighted by atomic mass is 16.1. The average molecular weight is 272 g/mol. The molecule has 1 atom stereocenters. The fraction of sp³-hybridized carbons (Fsp3) is 0.333. The molecule has 0 aliphatic carbocycles. The van der Waals surface area contributed by atoms with Gasteiger partial charge in [0.1, 0.15) is 6.04 Å². The number of nitrogens with one attached hydrogen (secondary N) is 1. The van der Waals surface area contributed by atoms with Gasteiger partial charge in [0.2, 0.25) is 5.91 Å². The molecule has 2 rings (SSSR count). The SMILES string of the molecule is Cc1ccccc1NC(C(N)=O)c1cncn1C(C)C. The van der Waals surface area contributed by atoms with Crippen molar-refractivity contribution >= 4 is 11.6 Å². The Morgan fingerprint density at radius 3 is 2.65 bits per heavy atom. The molecule has 3 N–H and O–H groups in total. The van der Waals surface area contributed by atoms with Gasteiger partial charge in [-0.05, 0) is 32.4 Å². The lowest BCUT2D eigenvalue weighted by Crippen LogP contribution is -2.30. The number of hydrogen-bond donors (Lipinski definition) is 2. The summed E-state index contributed by atoms with van der Waals surface area (Å²) in [4.78, 5) is 15.9.